The van der Waals surface area contributed by atoms with Gasteiger partial charge < -0.3 is 5.11 Å². The highest BCUT2D eigenvalue weighted by atomic mass is 28.3. The van der Waals surface area contributed by atoms with Gasteiger partial charge in [-0.15, -0.1) is 0 Å². The number of aliphatic hydroxyl groups is 1. The van der Waals surface area contributed by atoms with E-state index in [1.807, 2.05) is 30.3 Å². The zero-order valence-electron chi connectivity index (χ0n) is 19.5. The summed E-state index contributed by atoms with van der Waals surface area (Å²) in [7, 11) is -2.39. The van der Waals surface area contributed by atoms with Crippen LogP contribution in [0.5, 0.6) is 0 Å². The first-order valence-corrected chi connectivity index (χ1v) is 13.4. The molecule has 2 heteroatoms. The Balaban J connectivity index is 2.28. The van der Waals surface area contributed by atoms with Gasteiger partial charge in [0, 0.05) is 0 Å². The quantitative estimate of drug-likeness (QED) is 0.336. The normalized spacial score (nSPS) is 14.8. The fraction of sp³-hybridized carbons (Fsp3) is 0.310. The number of benzene rings is 3. The largest absolute Gasteiger partial charge is 0.388 e. The highest BCUT2D eigenvalue weighted by molar-refractivity contribution is 7.05. The molecule has 0 aliphatic carbocycles. The summed E-state index contributed by atoms with van der Waals surface area (Å²) in [6, 6.07) is 32.3. The smallest absolute Gasteiger partial charge is 0.130 e. The number of aliphatic hydroxyl groups excluding tert-OH is 1. The summed E-state index contributed by atoms with van der Waals surface area (Å²) >= 11 is 0. The minimum Gasteiger partial charge on any atom is -0.388 e. The van der Waals surface area contributed by atoms with E-state index in [2.05, 4.69) is 101 Å². The zero-order valence-corrected chi connectivity index (χ0v) is 20.5. The molecule has 0 spiro atoms. The average molecular weight is 429 g/mol. The summed E-state index contributed by atoms with van der Waals surface area (Å²) in [4.78, 5) is 0. The minimum absolute atomic E-state index is 0.0427. The van der Waals surface area contributed by atoms with Crippen LogP contribution < -0.4 is 10.4 Å². The van der Waals surface area contributed by atoms with E-state index < -0.39 is 14.2 Å². The van der Waals surface area contributed by atoms with Crippen LogP contribution in [-0.2, 0) is 0 Å². The van der Waals surface area contributed by atoms with Crippen LogP contribution in [0.1, 0.15) is 52.7 Å². The fourth-order valence-electron chi connectivity index (χ4n) is 5.30. The van der Waals surface area contributed by atoms with E-state index >= 15 is 0 Å². The second kappa shape index (κ2) is 9.80. The Hall–Kier alpha value is -2.42. The van der Waals surface area contributed by atoms with Crippen LogP contribution in [-0.4, -0.2) is 13.2 Å². The van der Waals surface area contributed by atoms with Gasteiger partial charge in [0.2, 0.25) is 0 Å². The Morgan fingerprint density at radius 2 is 1.23 bits per heavy atom. The van der Waals surface area contributed by atoms with Crippen molar-refractivity contribution in [2.45, 2.75) is 57.7 Å². The van der Waals surface area contributed by atoms with Gasteiger partial charge in [0.15, 0.2) is 0 Å². The fourth-order valence-corrected chi connectivity index (χ4v) is 12.1. The molecular weight excluding hydrogens is 392 g/mol. The molecule has 0 aliphatic rings. The molecule has 0 radical (unpaired) electrons. The standard InChI is InChI=1S/C29H36OSi/c1-6-23(2)28(22-27(30)24-16-10-7-11-17-24)31(29(3,4)5,25-18-12-8-13-19-25)26-20-14-9-15-21-26/h6-21,27-28,30H,22H2,1-5H3/b23-6+/t27-,28-/m1/s1. The van der Waals surface area contributed by atoms with Crippen molar-refractivity contribution >= 4 is 18.4 Å². The first-order valence-electron chi connectivity index (χ1n) is 11.3. The van der Waals surface area contributed by atoms with E-state index in [9.17, 15) is 5.11 Å². The minimum atomic E-state index is -2.39. The highest BCUT2D eigenvalue weighted by Gasteiger charge is 2.53. The van der Waals surface area contributed by atoms with Crippen LogP contribution in [0.4, 0.5) is 0 Å². The van der Waals surface area contributed by atoms with Crippen molar-refractivity contribution in [3.63, 3.8) is 0 Å². The van der Waals surface area contributed by atoms with E-state index in [0.29, 0.717) is 6.42 Å². The molecule has 162 valence electrons. The van der Waals surface area contributed by atoms with Crippen molar-refractivity contribution in [3.8, 4) is 0 Å². The maximum atomic E-state index is 11.4. The van der Waals surface area contributed by atoms with Gasteiger partial charge in [-0.25, -0.2) is 0 Å². The van der Waals surface area contributed by atoms with Crippen LogP contribution in [0.2, 0.25) is 10.6 Å². The molecule has 0 aliphatic heterocycles. The zero-order chi connectivity index (χ0) is 22.5. The topological polar surface area (TPSA) is 20.2 Å². The summed E-state index contributed by atoms with van der Waals surface area (Å²) in [5, 5.41) is 14.3. The SMILES string of the molecule is C/C=C(\C)[C@@H](C[C@@H](O)c1ccccc1)[Si](c1ccccc1)(c1ccccc1)C(C)(C)C. The number of hydrogen-bond acceptors (Lipinski definition) is 1. The van der Waals surface area contributed by atoms with Gasteiger partial charge in [-0.05, 0) is 36.4 Å². The van der Waals surface area contributed by atoms with Crippen LogP contribution in [0.3, 0.4) is 0 Å². The average Bonchev–Trinajstić information content (AvgIpc) is 2.79. The van der Waals surface area contributed by atoms with Gasteiger partial charge in [-0.3, -0.25) is 0 Å². The predicted octanol–water partition coefficient (Wildman–Crippen LogP) is 6.51. The van der Waals surface area contributed by atoms with Gasteiger partial charge in [-0.1, -0.05) is 134 Å². The lowest BCUT2D eigenvalue weighted by Crippen LogP contribution is -2.67. The van der Waals surface area contributed by atoms with Gasteiger partial charge in [0.25, 0.3) is 0 Å². The molecule has 0 heterocycles. The third-order valence-corrected chi connectivity index (χ3v) is 13.4. The Labute approximate surface area is 189 Å². The molecule has 31 heavy (non-hydrogen) atoms. The van der Waals surface area contributed by atoms with Gasteiger partial charge in [0.1, 0.15) is 8.07 Å². The van der Waals surface area contributed by atoms with Gasteiger partial charge in [0.05, 0.1) is 6.10 Å². The lowest BCUT2D eigenvalue weighted by molar-refractivity contribution is 0.167. The Morgan fingerprint density at radius 1 is 0.806 bits per heavy atom. The second-order valence-corrected chi connectivity index (χ2v) is 14.5. The van der Waals surface area contributed by atoms with Crippen molar-refractivity contribution in [1.29, 1.82) is 0 Å². The van der Waals surface area contributed by atoms with Crippen molar-refractivity contribution < 1.29 is 5.11 Å². The lowest BCUT2D eigenvalue weighted by Gasteiger charge is -2.50. The van der Waals surface area contributed by atoms with Crippen molar-refractivity contribution in [2.75, 3.05) is 0 Å². The highest BCUT2D eigenvalue weighted by Crippen LogP contribution is 2.49. The summed E-state index contributed by atoms with van der Waals surface area (Å²) in [5.74, 6) is 0. The first kappa shape index (κ1) is 23.2. The molecule has 1 N–H and O–H groups in total. The first-order chi connectivity index (χ1) is 14.8. The molecule has 0 unspecified atom stereocenters. The molecule has 0 saturated carbocycles. The van der Waals surface area contributed by atoms with E-state index in [0.717, 1.165) is 5.56 Å². The monoisotopic (exact) mass is 428 g/mol. The third kappa shape index (κ3) is 4.61. The molecule has 1 nitrogen and oxygen atoms in total. The van der Waals surface area contributed by atoms with E-state index in [4.69, 9.17) is 0 Å². The third-order valence-electron chi connectivity index (χ3n) is 6.81. The maximum absolute atomic E-state index is 11.4. The number of rotatable bonds is 7. The molecule has 3 aromatic carbocycles. The van der Waals surface area contributed by atoms with Gasteiger partial charge >= 0.3 is 0 Å². The van der Waals surface area contributed by atoms with Crippen LogP contribution in [0.15, 0.2) is 103 Å². The van der Waals surface area contributed by atoms with E-state index in [1.165, 1.54) is 15.9 Å². The number of allylic oxidation sites excluding steroid dienone is 2. The Morgan fingerprint density at radius 3 is 1.61 bits per heavy atom. The molecule has 0 bridgehead atoms. The molecule has 0 saturated heterocycles. The molecule has 0 amide bonds. The maximum Gasteiger partial charge on any atom is 0.130 e. The molecule has 0 aromatic heterocycles. The predicted molar refractivity (Wildman–Crippen MR) is 137 cm³/mol. The van der Waals surface area contributed by atoms with Gasteiger partial charge in [-0.2, -0.15) is 0 Å². The summed E-state index contributed by atoms with van der Waals surface area (Å²) in [6.45, 7) is 11.6. The number of hydrogen-bond donors (Lipinski definition) is 1. The lowest BCUT2D eigenvalue weighted by atomic mass is 10.0. The van der Waals surface area contributed by atoms with E-state index in [1.54, 1.807) is 0 Å². The summed E-state index contributed by atoms with van der Waals surface area (Å²) in [5.41, 5.74) is 2.62. The Bertz CT molecular complexity index is 932. The van der Waals surface area contributed by atoms with Crippen LogP contribution >= 0.6 is 0 Å². The molecule has 2 atom stereocenters. The van der Waals surface area contributed by atoms with Crippen LogP contribution in [0, 0.1) is 0 Å². The molecular formula is C29H36OSi. The summed E-state index contributed by atoms with van der Waals surface area (Å²) in [6.07, 6.45) is 2.47. The molecule has 3 rings (SSSR count). The second-order valence-electron chi connectivity index (χ2n) is 9.54. The van der Waals surface area contributed by atoms with Crippen molar-refractivity contribution in [2.24, 2.45) is 0 Å². The van der Waals surface area contributed by atoms with Crippen molar-refractivity contribution in [3.05, 3.63) is 108 Å². The Kier molecular flexibility index (Phi) is 7.35. The van der Waals surface area contributed by atoms with Crippen LogP contribution in [0.25, 0.3) is 0 Å². The van der Waals surface area contributed by atoms with Crippen molar-refractivity contribution in [1.82, 2.24) is 0 Å². The van der Waals surface area contributed by atoms with E-state index in [-0.39, 0.29) is 10.6 Å². The summed E-state index contributed by atoms with van der Waals surface area (Å²) < 4.78 is 0. The molecule has 3 aromatic rings. The molecule has 0 fully saturated rings.